The van der Waals surface area contributed by atoms with Crippen molar-refractivity contribution in [2.75, 3.05) is 5.73 Å². The van der Waals surface area contributed by atoms with E-state index in [0.29, 0.717) is 18.0 Å². The first-order valence-electron chi connectivity index (χ1n) is 4.68. The predicted molar refractivity (Wildman–Crippen MR) is 63.9 cm³/mol. The third-order valence-corrected chi connectivity index (χ3v) is 2.77. The molecule has 0 fully saturated rings. The zero-order valence-corrected chi connectivity index (χ0v) is 10.3. The van der Waals surface area contributed by atoms with Gasteiger partial charge in [0.15, 0.2) is 11.6 Å². The van der Waals surface area contributed by atoms with Gasteiger partial charge < -0.3 is 10.5 Å². The van der Waals surface area contributed by atoms with Gasteiger partial charge in [0.05, 0.1) is 10.2 Å². The van der Waals surface area contributed by atoms with Gasteiger partial charge in [-0.2, -0.15) is 5.10 Å². The van der Waals surface area contributed by atoms with Gasteiger partial charge in [0.1, 0.15) is 12.9 Å². The van der Waals surface area contributed by atoms with E-state index >= 15 is 0 Å². The Morgan fingerprint density at radius 3 is 2.94 bits per heavy atom. The van der Waals surface area contributed by atoms with E-state index in [1.807, 2.05) is 19.2 Å². The number of aromatic nitrogens is 3. The number of nitrogens with two attached hydrogens (primary N) is 1. The van der Waals surface area contributed by atoms with Crippen LogP contribution < -0.4 is 10.5 Å². The summed E-state index contributed by atoms with van der Waals surface area (Å²) in [7, 11) is 1.81. The maximum atomic E-state index is 5.80. The number of hydrogen-bond donors (Lipinski definition) is 1. The van der Waals surface area contributed by atoms with Crippen molar-refractivity contribution in [2.45, 2.75) is 6.61 Å². The number of rotatable bonds is 3. The Morgan fingerprint density at radius 2 is 2.31 bits per heavy atom. The molecule has 0 aliphatic carbocycles. The van der Waals surface area contributed by atoms with Crippen molar-refractivity contribution in [3.05, 3.63) is 34.8 Å². The van der Waals surface area contributed by atoms with Crippen molar-refractivity contribution < 1.29 is 4.74 Å². The summed E-state index contributed by atoms with van der Waals surface area (Å²) >= 11 is 3.38. The van der Waals surface area contributed by atoms with Crippen LogP contribution in [0.4, 0.5) is 5.69 Å². The smallest absolute Gasteiger partial charge is 0.164 e. The van der Waals surface area contributed by atoms with Crippen molar-refractivity contribution in [3.63, 3.8) is 0 Å². The molecule has 5 nitrogen and oxygen atoms in total. The van der Waals surface area contributed by atoms with Crippen LogP contribution in [0, 0.1) is 0 Å². The van der Waals surface area contributed by atoms with Crippen LogP contribution in [-0.2, 0) is 13.7 Å². The minimum Gasteiger partial charge on any atom is -0.482 e. The van der Waals surface area contributed by atoms with Crippen molar-refractivity contribution in [1.82, 2.24) is 14.8 Å². The fourth-order valence-electron chi connectivity index (χ4n) is 1.27. The Hall–Kier alpha value is -1.56. The monoisotopic (exact) mass is 282 g/mol. The van der Waals surface area contributed by atoms with Crippen LogP contribution in [0.25, 0.3) is 0 Å². The van der Waals surface area contributed by atoms with E-state index in [4.69, 9.17) is 10.5 Å². The first-order chi connectivity index (χ1) is 7.68. The molecule has 2 aromatic rings. The second-order valence-electron chi connectivity index (χ2n) is 3.25. The number of ether oxygens (including phenoxy) is 1. The topological polar surface area (TPSA) is 66.0 Å². The van der Waals surface area contributed by atoms with Gasteiger partial charge in [-0.25, -0.2) is 4.98 Å². The fourth-order valence-corrected chi connectivity index (χ4v) is 1.76. The molecule has 2 N–H and O–H groups in total. The highest BCUT2D eigenvalue weighted by atomic mass is 79.9. The van der Waals surface area contributed by atoms with Crippen LogP contribution in [0.2, 0.25) is 0 Å². The van der Waals surface area contributed by atoms with Gasteiger partial charge in [0.2, 0.25) is 0 Å². The van der Waals surface area contributed by atoms with E-state index in [0.717, 1.165) is 10.3 Å². The molecule has 84 valence electrons. The van der Waals surface area contributed by atoms with Gasteiger partial charge in [-0.3, -0.25) is 4.68 Å². The molecule has 2 rings (SSSR count). The molecule has 1 aromatic heterocycles. The van der Waals surface area contributed by atoms with Crippen molar-refractivity contribution >= 4 is 21.6 Å². The lowest BCUT2D eigenvalue weighted by Gasteiger charge is -2.09. The first kappa shape index (κ1) is 10.9. The Balaban J connectivity index is 2.14. The van der Waals surface area contributed by atoms with Crippen molar-refractivity contribution in [3.8, 4) is 5.75 Å². The summed E-state index contributed by atoms with van der Waals surface area (Å²) in [6, 6.07) is 5.52. The number of nitrogen functional groups attached to an aromatic ring is 1. The molecule has 0 radical (unpaired) electrons. The summed E-state index contributed by atoms with van der Waals surface area (Å²) in [4.78, 5) is 4.06. The predicted octanol–water partition coefficient (Wildman–Crippen LogP) is 1.74. The van der Waals surface area contributed by atoms with Gasteiger partial charge in [-0.1, -0.05) is 6.07 Å². The number of aryl methyl sites for hydroxylation is 1. The van der Waals surface area contributed by atoms with Crippen molar-refractivity contribution in [2.24, 2.45) is 7.05 Å². The Kier molecular flexibility index (Phi) is 3.09. The average molecular weight is 283 g/mol. The second kappa shape index (κ2) is 4.52. The highest BCUT2D eigenvalue weighted by Crippen LogP contribution is 2.31. The van der Waals surface area contributed by atoms with E-state index in [9.17, 15) is 0 Å². The van der Waals surface area contributed by atoms with Gasteiger partial charge >= 0.3 is 0 Å². The number of hydrogen-bond acceptors (Lipinski definition) is 4. The third kappa shape index (κ3) is 2.16. The minimum atomic E-state index is 0.337. The van der Waals surface area contributed by atoms with Gasteiger partial charge in [0, 0.05) is 7.05 Å². The van der Waals surface area contributed by atoms with E-state index in [-0.39, 0.29) is 0 Å². The molecule has 0 saturated heterocycles. The van der Waals surface area contributed by atoms with Gasteiger partial charge in [-0.15, -0.1) is 0 Å². The summed E-state index contributed by atoms with van der Waals surface area (Å²) in [5, 5.41) is 3.96. The zero-order chi connectivity index (χ0) is 11.5. The molecule has 1 aromatic carbocycles. The first-order valence-corrected chi connectivity index (χ1v) is 5.47. The van der Waals surface area contributed by atoms with Crippen molar-refractivity contribution in [1.29, 1.82) is 0 Å². The maximum Gasteiger partial charge on any atom is 0.164 e. The second-order valence-corrected chi connectivity index (χ2v) is 4.10. The van der Waals surface area contributed by atoms with Gasteiger partial charge in [-0.05, 0) is 28.1 Å². The molecule has 0 atom stereocenters. The number of anilines is 1. The highest BCUT2D eigenvalue weighted by molar-refractivity contribution is 9.10. The third-order valence-electron chi connectivity index (χ3n) is 2.15. The minimum absolute atomic E-state index is 0.337. The van der Waals surface area contributed by atoms with E-state index in [2.05, 4.69) is 26.0 Å². The standard InChI is InChI=1S/C10H11BrN4O/c1-15-9(13-6-14-15)5-16-10-7(11)3-2-4-8(10)12/h2-4,6H,5,12H2,1H3. The van der Waals surface area contributed by atoms with Crippen LogP contribution in [0.5, 0.6) is 5.75 Å². The lowest BCUT2D eigenvalue weighted by atomic mass is 10.3. The Labute approximate surface area is 101 Å². The van der Waals surface area contributed by atoms with E-state index < -0.39 is 0 Å². The van der Waals surface area contributed by atoms with Crippen LogP contribution >= 0.6 is 15.9 Å². The molecule has 1 heterocycles. The fraction of sp³-hybridized carbons (Fsp3) is 0.200. The normalized spacial score (nSPS) is 10.4. The summed E-state index contributed by atoms with van der Waals surface area (Å²) in [6.45, 7) is 0.337. The summed E-state index contributed by atoms with van der Waals surface area (Å²) in [6.07, 6.45) is 1.49. The largest absolute Gasteiger partial charge is 0.482 e. The lowest BCUT2D eigenvalue weighted by molar-refractivity contribution is 0.289. The van der Waals surface area contributed by atoms with E-state index in [1.54, 1.807) is 10.7 Å². The summed E-state index contributed by atoms with van der Waals surface area (Å²) < 4.78 is 8.09. The maximum absolute atomic E-state index is 5.80. The molecule has 0 aliphatic heterocycles. The molecular weight excluding hydrogens is 272 g/mol. The SMILES string of the molecule is Cn1ncnc1COc1c(N)cccc1Br. The highest BCUT2D eigenvalue weighted by Gasteiger charge is 2.07. The Morgan fingerprint density at radius 1 is 1.50 bits per heavy atom. The number of halogens is 1. The number of para-hydroxylation sites is 1. The molecule has 16 heavy (non-hydrogen) atoms. The van der Waals surface area contributed by atoms with Crippen LogP contribution in [0.15, 0.2) is 29.0 Å². The zero-order valence-electron chi connectivity index (χ0n) is 8.72. The summed E-state index contributed by atoms with van der Waals surface area (Å²) in [5.41, 5.74) is 6.40. The number of benzene rings is 1. The summed E-state index contributed by atoms with van der Waals surface area (Å²) in [5.74, 6) is 1.38. The molecule has 0 aliphatic rings. The van der Waals surface area contributed by atoms with Crippen LogP contribution in [0.3, 0.4) is 0 Å². The van der Waals surface area contributed by atoms with Gasteiger partial charge in [0.25, 0.3) is 0 Å². The lowest BCUT2D eigenvalue weighted by Crippen LogP contribution is -2.05. The van der Waals surface area contributed by atoms with Crippen LogP contribution in [-0.4, -0.2) is 14.8 Å². The molecule has 0 bridgehead atoms. The molecule has 0 spiro atoms. The molecule has 0 unspecified atom stereocenters. The van der Waals surface area contributed by atoms with Crippen LogP contribution in [0.1, 0.15) is 5.82 Å². The molecule has 6 heteroatoms. The molecule has 0 amide bonds. The molecule has 0 saturated carbocycles. The quantitative estimate of drug-likeness (QED) is 0.871. The molecular formula is C10H11BrN4O. The average Bonchev–Trinajstić information content (AvgIpc) is 2.64. The number of nitrogens with zero attached hydrogens (tertiary/aromatic N) is 3. The van der Waals surface area contributed by atoms with E-state index in [1.165, 1.54) is 6.33 Å². The Bertz CT molecular complexity index is 477.